The Morgan fingerprint density at radius 1 is 0.173 bits per heavy atom. The summed E-state index contributed by atoms with van der Waals surface area (Å²) in [6.45, 7) is 0. The molecule has 2 heteroatoms. The van der Waals surface area contributed by atoms with Crippen LogP contribution in [0.4, 0.5) is 0 Å². The summed E-state index contributed by atoms with van der Waals surface area (Å²) in [5.41, 5.74) is -4.39. The van der Waals surface area contributed by atoms with Crippen LogP contribution in [0.3, 0.4) is 0 Å². The summed E-state index contributed by atoms with van der Waals surface area (Å²) in [6.07, 6.45) is 0. The molecule has 0 saturated heterocycles. The van der Waals surface area contributed by atoms with E-state index in [4.69, 9.17) is 43.1 Å². The van der Waals surface area contributed by atoms with E-state index in [2.05, 4.69) is 0 Å². The van der Waals surface area contributed by atoms with E-state index < -0.39 is 410 Å². The van der Waals surface area contributed by atoms with Crippen molar-refractivity contribution in [2.45, 2.75) is 0 Å². The predicted octanol–water partition coefficient (Wildman–Crippen LogP) is 31.1. The van der Waals surface area contributed by atoms with Gasteiger partial charge in [0.15, 0.2) is 0 Å². The molecule has 0 aliphatic rings. The molecule has 24 aromatic carbocycles. The van der Waals surface area contributed by atoms with Crippen LogP contribution in [0.5, 0.6) is 0 Å². The molecule has 26 aromatic rings. The fraction of sp³-hybridized carbons (Fsp3) is 0. The molecule has 0 fully saturated rings. The van der Waals surface area contributed by atoms with Crippen LogP contribution >= 0.6 is 0 Å². The Morgan fingerprint density at radius 2 is 0.564 bits per heavy atom. The molecule has 2 nitrogen and oxygen atoms in total. The molecule has 0 spiro atoms. The summed E-state index contributed by atoms with van der Waals surface area (Å²) in [5.74, 6) is 0. The maximum absolute atomic E-state index is 10.3. The van der Waals surface area contributed by atoms with Gasteiger partial charge in [0.05, 0.1) is 65.8 Å². The van der Waals surface area contributed by atoms with Crippen molar-refractivity contribution in [3.63, 3.8) is 0 Å². The van der Waals surface area contributed by atoms with Crippen LogP contribution in [0.15, 0.2) is 372 Å². The van der Waals surface area contributed by atoms with Gasteiger partial charge in [0.1, 0.15) is 22.3 Å². The molecule has 504 valence electrons. The third-order valence-corrected chi connectivity index (χ3v) is 20.6. The SMILES string of the molecule is [2H]c1c(-c2c([2H])c([2H])c3oc4c5c([2H])c([2H])c([2H])c([2H])c5c([2H])c([2H])c4c3c2[2H])c([2H])c(-c2c([2H])c([2H])c3c([2H])c([2H])c4c([2H])c([2H])c([2H])c5c([2H])c([2H])c2c3c45)c([2H])c1-c1c([2H])c([2H])c2c([2H])c([2H])c3c([2H])c([2H])c([2H])c4c([2H])c([2H])c1c2c34.[2H]c1c([2H])c2c([2H])c([2H])c3c([2H])c([2H])c(-c4cc(-c5ccc6oc7c8ccccc8ccc7c6c5)cc(-c5c([2H])c([2H])c6c([2H])c([2H])c7c([2H])c([2H])c([2H])c8c([2H])c([2H])c5c6c78)c4)c4c([2H])c([2H])c(c1[2H])c2c34. The first-order chi connectivity index (χ1) is 74.6. The Hall–Kier alpha value is -14.4. The quantitative estimate of drug-likeness (QED) is 0.155. The number of rotatable bonds is 6. The van der Waals surface area contributed by atoms with E-state index in [1.54, 1.807) is 24.3 Å². The number of benzene rings is 24. The highest BCUT2D eigenvalue weighted by Gasteiger charge is 2.23. The first-order valence-electron chi connectivity index (χ1n) is 58.3. The van der Waals surface area contributed by atoms with Crippen molar-refractivity contribution in [3.05, 3.63) is 363 Å². The standard InChI is InChI=1S/2C54H30O/c2*1-2-10-44-31(5-1)15-25-47-48-30-38(20-26-49(48)55-54(44)47)39-27-40(42-21-16-36-13-11-32-6-3-8-34-18-23-45(42)52(36)50(32)34)29-41(28-39)43-22-17-37-14-12-33-7-4-9-35-19-24-46(43)53(37)51(33)35/h2*1-30H/i1D,2D,3D,4D,5D,6D,7D,8D,9D,10D,11D,12D,13D,14D,15D,16D,17D,18D,19D,20D,21D,22D,23D,24D,25D,26D,27D,28D,29D,30D;3D,4D,6D,7D,8D,9D,11D,12D,13D,14D,16D,17D,18D,19D,21D,22D,23D,24D. The van der Waals surface area contributed by atoms with Crippen LogP contribution in [0.25, 0.3) is 261 Å². The molecule has 0 bridgehead atoms. The van der Waals surface area contributed by atoms with E-state index in [-0.39, 0.29) is 97.7 Å². The van der Waals surface area contributed by atoms with Crippen LogP contribution in [0, 0.1) is 0 Å². The van der Waals surface area contributed by atoms with Gasteiger partial charge in [-0.3, -0.25) is 0 Å². The molecular formula is C108H60O2. The van der Waals surface area contributed by atoms with Gasteiger partial charge in [-0.05, 0) is 279 Å². The molecule has 0 aliphatic carbocycles. The molecule has 0 atom stereocenters. The highest BCUT2D eigenvalue weighted by molar-refractivity contribution is 6.30. The second kappa shape index (κ2) is 22.6. The Morgan fingerprint density at radius 3 is 1.07 bits per heavy atom. The zero-order valence-electron chi connectivity index (χ0n) is 104. The largest absolute Gasteiger partial charge is 0.455 e. The maximum Gasteiger partial charge on any atom is 0.143 e. The fourth-order valence-electron chi connectivity index (χ4n) is 15.7. The third kappa shape index (κ3) is 8.70. The van der Waals surface area contributed by atoms with E-state index in [9.17, 15) is 31.5 Å². The lowest BCUT2D eigenvalue weighted by Crippen LogP contribution is -1.91. The molecule has 110 heavy (non-hydrogen) atoms. The maximum atomic E-state index is 10.3. The molecule has 0 unspecified atom stereocenters. The smallest absolute Gasteiger partial charge is 0.143 e. The van der Waals surface area contributed by atoms with E-state index in [0.29, 0.717) is 22.3 Å². The van der Waals surface area contributed by atoms with E-state index in [0.717, 1.165) is 21.5 Å². The van der Waals surface area contributed by atoms with Gasteiger partial charge in [0.2, 0.25) is 0 Å². The zero-order chi connectivity index (χ0) is 113. The summed E-state index contributed by atoms with van der Waals surface area (Å²) in [5, 5.41) is -6.24. The highest BCUT2D eigenvalue weighted by Crippen LogP contribution is 2.49. The van der Waals surface area contributed by atoms with E-state index in [1.807, 2.05) is 42.5 Å². The summed E-state index contributed by atoms with van der Waals surface area (Å²) < 4.78 is 456. The molecule has 26 rings (SSSR count). The Kier molecular flexibility index (Phi) is 6.24. The van der Waals surface area contributed by atoms with Gasteiger partial charge < -0.3 is 8.83 Å². The minimum absolute atomic E-state index is 0.0274. The van der Waals surface area contributed by atoms with Crippen LogP contribution in [0.1, 0.15) is 65.8 Å². The molecular weight excluding hydrogens is 1330 g/mol. The minimum Gasteiger partial charge on any atom is -0.455 e. The van der Waals surface area contributed by atoms with Crippen LogP contribution in [-0.2, 0) is 0 Å². The fourth-order valence-corrected chi connectivity index (χ4v) is 15.7. The minimum atomic E-state index is -1.13. The zero-order valence-corrected chi connectivity index (χ0v) is 55.7. The Labute approximate surface area is 697 Å². The van der Waals surface area contributed by atoms with Gasteiger partial charge in [0.25, 0.3) is 0 Å². The van der Waals surface area contributed by atoms with Crippen LogP contribution in [0.2, 0.25) is 0 Å². The Balaban J connectivity index is 0.000000163. The van der Waals surface area contributed by atoms with E-state index >= 15 is 0 Å². The third-order valence-electron chi connectivity index (χ3n) is 20.6. The normalized spacial score (nSPS) is 18.5. The van der Waals surface area contributed by atoms with Gasteiger partial charge in [0, 0.05) is 32.3 Å². The average Bonchev–Trinajstić information content (AvgIpc) is 0.778. The molecule has 2 aromatic heterocycles. The molecule has 0 aliphatic heterocycles. The van der Waals surface area contributed by atoms with Crippen molar-refractivity contribution >= 4 is 195 Å². The van der Waals surface area contributed by atoms with Crippen LogP contribution in [-0.4, -0.2) is 0 Å². The Bertz CT molecular complexity index is 11000. The number of hydrogen-bond acceptors (Lipinski definition) is 2. The number of furan rings is 2. The number of fused-ring (bicyclic) bond motifs is 10. The van der Waals surface area contributed by atoms with Crippen molar-refractivity contribution in [3.8, 4) is 66.8 Å². The van der Waals surface area contributed by atoms with E-state index in [1.165, 1.54) is 6.07 Å². The number of hydrogen-bond donors (Lipinski definition) is 0. The van der Waals surface area contributed by atoms with Crippen molar-refractivity contribution in [1.82, 2.24) is 0 Å². The molecule has 0 amide bonds. The summed E-state index contributed by atoms with van der Waals surface area (Å²) in [4.78, 5) is 0. The van der Waals surface area contributed by atoms with Gasteiger partial charge in [-0.15, -0.1) is 0 Å². The topological polar surface area (TPSA) is 26.3 Å². The van der Waals surface area contributed by atoms with Crippen molar-refractivity contribution in [2.24, 2.45) is 0 Å². The van der Waals surface area contributed by atoms with Gasteiger partial charge >= 0.3 is 0 Å². The lowest BCUT2D eigenvalue weighted by atomic mass is 9.86. The van der Waals surface area contributed by atoms with Gasteiger partial charge in [-0.1, -0.05) is 290 Å². The lowest BCUT2D eigenvalue weighted by Gasteiger charge is -2.18. The van der Waals surface area contributed by atoms with Gasteiger partial charge in [-0.25, -0.2) is 0 Å². The van der Waals surface area contributed by atoms with Crippen molar-refractivity contribution < 1.29 is 74.6 Å². The molecule has 2 heterocycles. The predicted molar refractivity (Wildman–Crippen MR) is 470 cm³/mol. The summed E-state index contributed by atoms with van der Waals surface area (Å²) >= 11 is 0. The monoisotopic (exact) mass is 1440 g/mol. The van der Waals surface area contributed by atoms with Crippen LogP contribution < -0.4 is 0 Å². The summed E-state index contributed by atoms with van der Waals surface area (Å²) in [7, 11) is 0. The first kappa shape index (κ1) is 30.4. The van der Waals surface area contributed by atoms with Crippen molar-refractivity contribution in [1.29, 1.82) is 0 Å². The lowest BCUT2D eigenvalue weighted by molar-refractivity contribution is 0.672. The van der Waals surface area contributed by atoms with Crippen molar-refractivity contribution in [2.75, 3.05) is 0 Å². The molecule has 0 saturated carbocycles. The molecule has 0 radical (unpaired) electrons. The van der Waals surface area contributed by atoms with Gasteiger partial charge in [-0.2, -0.15) is 0 Å². The summed E-state index contributed by atoms with van der Waals surface area (Å²) in [6, 6.07) is -14.2. The highest BCUT2D eigenvalue weighted by atomic mass is 16.3. The first-order valence-corrected chi connectivity index (χ1v) is 34.3. The second-order valence-electron chi connectivity index (χ2n) is 26.5. The second-order valence-corrected chi connectivity index (χ2v) is 26.5. The average molecular weight is 1440 g/mol. The molecule has 0 N–H and O–H groups in total.